The predicted molar refractivity (Wildman–Crippen MR) is 53.4 cm³/mol. The van der Waals surface area contributed by atoms with Gasteiger partial charge in [-0.1, -0.05) is 12.8 Å². The van der Waals surface area contributed by atoms with Crippen molar-refractivity contribution in [3.8, 4) is 0 Å². The van der Waals surface area contributed by atoms with Gasteiger partial charge < -0.3 is 10.6 Å². The highest BCUT2D eigenvalue weighted by Gasteiger charge is 2.19. The van der Waals surface area contributed by atoms with Crippen molar-refractivity contribution in [1.29, 1.82) is 0 Å². The second-order valence-electron chi connectivity index (χ2n) is 3.79. The van der Waals surface area contributed by atoms with Crippen LogP contribution in [0.25, 0.3) is 0 Å². The molecule has 2 N–H and O–H groups in total. The molecule has 0 amide bonds. The second kappa shape index (κ2) is 6.44. The minimum absolute atomic E-state index is 1.10. The van der Waals surface area contributed by atoms with Gasteiger partial charge in [-0.05, 0) is 51.9 Å². The van der Waals surface area contributed by atoms with Crippen LogP contribution in [0.15, 0.2) is 0 Å². The Morgan fingerprint density at radius 2 is 1.83 bits per heavy atom. The van der Waals surface area contributed by atoms with Gasteiger partial charge >= 0.3 is 0 Å². The van der Waals surface area contributed by atoms with Gasteiger partial charge in [-0.2, -0.15) is 0 Å². The Bertz CT molecular complexity index is 100. The van der Waals surface area contributed by atoms with Crippen LogP contribution in [0.1, 0.15) is 32.1 Å². The quantitative estimate of drug-likeness (QED) is 0.538. The largest absolute Gasteiger partial charge is 0.320 e. The van der Waals surface area contributed by atoms with Crippen LogP contribution in [0, 0.1) is 5.92 Å². The molecule has 0 unspecified atom stereocenters. The van der Waals surface area contributed by atoms with Gasteiger partial charge in [0.05, 0.1) is 0 Å². The van der Waals surface area contributed by atoms with E-state index in [2.05, 4.69) is 10.6 Å². The van der Waals surface area contributed by atoms with Crippen molar-refractivity contribution in [1.82, 2.24) is 10.6 Å². The van der Waals surface area contributed by atoms with Crippen molar-refractivity contribution in [2.24, 2.45) is 5.92 Å². The number of nitrogens with one attached hydrogen (secondary N) is 2. The van der Waals surface area contributed by atoms with Crippen LogP contribution < -0.4 is 10.6 Å². The average Bonchev–Trinajstić information content (AvgIpc) is 2.87. The molecular weight excluding hydrogens is 148 g/mol. The molecule has 72 valence electrons. The third kappa shape index (κ3) is 5.56. The van der Waals surface area contributed by atoms with Gasteiger partial charge in [0.15, 0.2) is 0 Å². The fourth-order valence-electron chi connectivity index (χ4n) is 1.44. The van der Waals surface area contributed by atoms with Crippen LogP contribution in [0.4, 0.5) is 0 Å². The summed E-state index contributed by atoms with van der Waals surface area (Å²) >= 11 is 0. The minimum Gasteiger partial charge on any atom is -0.320 e. The number of rotatable bonds is 8. The van der Waals surface area contributed by atoms with Gasteiger partial charge in [0.25, 0.3) is 0 Å². The maximum absolute atomic E-state index is 3.46. The third-order valence-electron chi connectivity index (χ3n) is 2.44. The van der Waals surface area contributed by atoms with E-state index in [0.29, 0.717) is 0 Å². The fourth-order valence-corrected chi connectivity index (χ4v) is 1.44. The highest BCUT2D eigenvalue weighted by atomic mass is 14.9. The standard InChI is InChI=1S/C10H22N2/c1-11-7-3-9-12-8-2-4-10-5-6-10/h10-12H,2-9H2,1H3. The Kier molecular flexibility index (Phi) is 5.37. The first kappa shape index (κ1) is 10.0. The van der Waals surface area contributed by atoms with Crippen LogP contribution in [-0.2, 0) is 0 Å². The molecule has 0 atom stereocenters. The van der Waals surface area contributed by atoms with Gasteiger partial charge in [0.2, 0.25) is 0 Å². The monoisotopic (exact) mass is 170 g/mol. The molecule has 12 heavy (non-hydrogen) atoms. The summed E-state index contributed by atoms with van der Waals surface area (Å²) in [5.41, 5.74) is 0. The van der Waals surface area contributed by atoms with Crippen LogP contribution >= 0.6 is 0 Å². The molecule has 2 heteroatoms. The smallest absolute Gasteiger partial charge is 0.00368 e. The molecule has 1 aliphatic rings. The van der Waals surface area contributed by atoms with Crippen LogP contribution in [0.3, 0.4) is 0 Å². The number of hydrogen-bond donors (Lipinski definition) is 2. The maximum atomic E-state index is 3.46. The molecule has 0 spiro atoms. The van der Waals surface area contributed by atoms with Crippen molar-refractivity contribution >= 4 is 0 Å². The van der Waals surface area contributed by atoms with Crippen molar-refractivity contribution < 1.29 is 0 Å². The first-order chi connectivity index (χ1) is 5.93. The zero-order chi connectivity index (χ0) is 8.65. The van der Waals surface area contributed by atoms with E-state index in [9.17, 15) is 0 Å². The van der Waals surface area contributed by atoms with E-state index in [1.165, 1.54) is 45.2 Å². The van der Waals surface area contributed by atoms with Gasteiger partial charge in [-0.3, -0.25) is 0 Å². The Morgan fingerprint density at radius 1 is 1.08 bits per heavy atom. The van der Waals surface area contributed by atoms with Gasteiger partial charge in [0.1, 0.15) is 0 Å². The van der Waals surface area contributed by atoms with Gasteiger partial charge in [-0.25, -0.2) is 0 Å². The maximum Gasteiger partial charge on any atom is -0.00368 e. The lowest BCUT2D eigenvalue weighted by atomic mass is 10.2. The minimum atomic E-state index is 1.10. The molecule has 0 aromatic rings. The summed E-state index contributed by atoms with van der Waals surface area (Å²) in [6, 6.07) is 0. The Morgan fingerprint density at radius 3 is 2.50 bits per heavy atom. The van der Waals surface area contributed by atoms with Crippen molar-refractivity contribution in [2.45, 2.75) is 32.1 Å². The van der Waals surface area contributed by atoms with E-state index in [1.54, 1.807) is 0 Å². The molecule has 2 nitrogen and oxygen atoms in total. The van der Waals surface area contributed by atoms with Crippen LogP contribution in [0.2, 0.25) is 0 Å². The summed E-state index contributed by atoms with van der Waals surface area (Å²) < 4.78 is 0. The van der Waals surface area contributed by atoms with Crippen molar-refractivity contribution in [2.75, 3.05) is 26.7 Å². The highest BCUT2D eigenvalue weighted by molar-refractivity contribution is 4.72. The summed E-state index contributed by atoms with van der Waals surface area (Å²) in [7, 11) is 2.01. The Labute approximate surface area is 76.1 Å². The summed E-state index contributed by atoms with van der Waals surface area (Å²) in [6.45, 7) is 3.53. The van der Waals surface area contributed by atoms with Crippen LogP contribution in [-0.4, -0.2) is 26.7 Å². The van der Waals surface area contributed by atoms with E-state index in [4.69, 9.17) is 0 Å². The summed E-state index contributed by atoms with van der Waals surface area (Å²) in [5.74, 6) is 1.10. The predicted octanol–water partition coefficient (Wildman–Crippen LogP) is 1.38. The molecule has 0 aromatic heterocycles. The zero-order valence-corrected chi connectivity index (χ0v) is 8.23. The molecule has 0 aliphatic heterocycles. The summed E-state index contributed by atoms with van der Waals surface area (Å²) in [5, 5.41) is 6.61. The van der Waals surface area contributed by atoms with Crippen molar-refractivity contribution in [3.05, 3.63) is 0 Å². The first-order valence-corrected chi connectivity index (χ1v) is 5.29. The summed E-state index contributed by atoms with van der Waals surface area (Å²) in [6.07, 6.45) is 7.09. The molecule has 1 saturated carbocycles. The molecule has 0 heterocycles. The second-order valence-corrected chi connectivity index (χ2v) is 3.79. The average molecular weight is 170 g/mol. The zero-order valence-electron chi connectivity index (χ0n) is 8.23. The topological polar surface area (TPSA) is 24.1 Å². The van der Waals surface area contributed by atoms with E-state index in [1.807, 2.05) is 7.05 Å². The van der Waals surface area contributed by atoms with E-state index >= 15 is 0 Å². The Hall–Kier alpha value is -0.0800. The normalized spacial score (nSPS) is 16.8. The molecule has 0 bridgehead atoms. The Balaban J connectivity index is 1.65. The van der Waals surface area contributed by atoms with E-state index in [0.717, 1.165) is 12.5 Å². The first-order valence-electron chi connectivity index (χ1n) is 5.29. The molecule has 1 aliphatic carbocycles. The molecule has 0 aromatic carbocycles. The van der Waals surface area contributed by atoms with E-state index in [-0.39, 0.29) is 0 Å². The third-order valence-corrected chi connectivity index (χ3v) is 2.44. The molecule has 0 saturated heterocycles. The lowest BCUT2D eigenvalue weighted by molar-refractivity contribution is 0.574. The van der Waals surface area contributed by atoms with Crippen molar-refractivity contribution in [3.63, 3.8) is 0 Å². The molecule has 1 fully saturated rings. The van der Waals surface area contributed by atoms with E-state index < -0.39 is 0 Å². The lowest BCUT2D eigenvalue weighted by Gasteiger charge is -2.03. The lowest BCUT2D eigenvalue weighted by Crippen LogP contribution is -2.20. The van der Waals surface area contributed by atoms with Gasteiger partial charge in [0, 0.05) is 0 Å². The van der Waals surface area contributed by atoms with Crippen LogP contribution in [0.5, 0.6) is 0 Å². The molecular formula is C10H22N2. The summed E-state index contributed by atoms with van der Waals surface area (Å²) in [4.78, 5) is 0. The highest BCUT2D eigenvalue weighted by Crippen LogP contribution is 2.33. The molecule has 1 rings (SSSR count). The number of hydrogen-bond acceptors (Lipinski definition) is 2. The van der Waals surface area contributed by atoms with Gasteiger partial charge in [-0.15, -0.1) is 0 Å². The fraction of sp³-hybridized carbons (Fsp3) is 1.00. The SMILES string of the molecule is CNCCCNCCCC1CC1. The molecule has 0 radical (unpaired) electrons.